The van der Waals surface area contributed by atoms with Crippen LogP contribution in [0.5, 0.6) is 0 Å². The van der Waals surface area contributed by atoms with Crippen LogP contribution in [0.3, 0.4) is 0 Å². The molecule has 9 aromatic carbocycles. The maximum atomic E-state index is 6.68. The second-order valence-electron chi connectivity index (χ2n) is 15.6. The summed E-state index contributed by atoms with van der Waals surface area (Å²) in [5.74, 6) is 0.593. The van der Waals surface area contributed by atoms with Gasteiger partial charge in [-0.05, 0) is 75.3 Å². The minimum Gasteiger partial charge on any atom is -0.455 e. The van der Waals surface area contributed by atoms with Crippen LogP contribution >= 0.6 is 0 Å². The molecule has 0 saturated heterocycles. The Bertz CT molecular complexity index is 3490. The van der Waals surface area contributed by atoms with Crippen molar-refractivity contribution in [3.8, 4) is 78.4 Å². The number of hydrogen-bond donors (Lipinski definition) is 0. The van der Waals surface area contributed by atoms with E-state index in [9.17, 15) is 0 Å². The largest absolute Gasteiger partial charge is 0.455 e. The first-order valence-electron chi connectivity index (χ1n) is 20.9. The quantitative estimate of drug-likeness (QED) is 0.161. The Labute approximate surface area is 358 Å². The van der Waals surface area contributed by atoms with E-state index in [-0.39, 0.29) is 0 Å². The number of benzene rings is 9. The lowest BCUT2D eigenvalue weighted by Crippen LogP contribution is -2.01. The number of nitrogens with zero attached hydrogens (tertiary/aromatic N) is 2. The molecule has 0 bridgehead atoms. The fourth-order valence-electron chi connectivity index (χ4n) is 9.07. The van der Waals surface area contributed by atoms with Crippen molar-refractivity contribution in [3.63, 3.8) is 0 Å². The lowest BCUT2D eigenvalue weighted by Gasteiger charge is -2.21. The summed E-state index contributed by atoms with van der Waals surface area (Å²) in [4.78, 5) is 11.3. The molecule has 3 aromatic heterocycles. The topological polar surface area (TPSA) is 52.1 Å². The van der Waals surface area contributed by atoms with E-state index in [0.717, 1.165) is 116 Å². The molecule has 0 aliphatic rings. The summed E-state index contributed by atoms with van der Waals surface area (Å²) in [5.41, 5.74) is 16.1. The van der Waals surface area contributed by atoms with Crippen molar-refractivity contribution >= 4 is 43.9 Å². The van der Waals surface area contributed by atoms with Crippen molar-refractivity contribution in [1.29, 1.82) is 0 Å². The average Bonchev–Trinajstić information content (AvgIpc) is 3.93. The number of furan rings is 2. The first-order valence-corrected chi connectivity index (χ1v) is 20.9. The summed E-state index contributed by atoms with van der Waals surface area (Å²) >= 11 is 0. The fraction of sp³-hybridized carbons (Fsp3) is 0. The molecule has 12 aromatic rings. The predicted molar refractivity (Wildman–Crippen MR) is 255 cm³/mol. The molecule has 0 atom stereocenters. The Hall–Kier alpha value is -8.34. The lowest BCUT2D eigenvalue weighted by molar-refractivity contribution is 0.669. The molecule has 0 N–H and O–H groups in total. The average molecular weight is 793 g/mol. The second-order valence-corrected chi connectivity index (χ2v) is 15.6. The predicted octanol–water partition coefficient (Wildman–Crippen LogP) is 15.9. The monoisotopic (exact) mass is 792 g/mol. The Morgan fingerprint density at radius 3 is 1.24 bits per heavy atom. The fourth-order valence-corrected chi connectivity index (χ4v) is 9.07. The Balaban J connectivity index is 1.22. The number of rotatable bonds is 7. The van der Waals surface area contributed by atoms with Crippen molar-refractivity contribution in [2.45, 2.75) is 0 Å². The van der Waals surface area contributed by atoms with Gasteiger partial charge in [0.25, 0.3) is 0 Å². The van der Waals surface area contributed by atoms with E-state index in [1.54, 1.807) is 0 Å². The molecule has 4 nitrogen and oxygen atoms in total. The summed E-state index contributed by atoms with van der Waals surface area (Å²) in [6.07, 6.45) is 0. The maximum absolute atomic E-state index is 6.68. The molecule has 0 fully saturated rings. The highest BCUT2D eigenvalue weighted by atomic mass is 16.3. The van der Waals surface area contributed by atoms with Crippen LogP contribution in [-0.4, -0.2) is 9.97 Å². The summed E-state index contributed by atoms with van der Waals surface area (Å²) < 4.78 is 13.4. The molecule has 3 heterocycles. The van der Waals surface area contributed by atoms with Crippen molar-refractivity contribution in [2.75, 3.05) is 0 Å². The molecule has 0 spiro atoms. The van der Waals surface area contributed by atoms with E-state index in [1.165, 1.54) is 0 Å². The zero-order valence-electron chi connectivity index (χ0n) is 33.5. The third kappa shape index (κ3) is 6.00. The SMILES string of the molecule is c1ccc(-c2cccc(-c3c(-c4ccccc4)ccc(-c4ccccc4)c3-c3nc(-c4cccc5c4oc4ccccc45)cc(-c4cccc5c4oc4ccccc45)n3)c2)cc1. The summed E-state index contributed by atoms with van der Waals surface area (Å²) in [6, 6.07) is 76.2. The molecule has 290 valence electrons. The van der Waals surface area contributed by atoms with Gasteiger partial charge in [0.1, 0.15) is 22.3 Å². The lowest BCUT2D eigenvalue weighted by atomic mass is 9.84. The molecule has 0 aliphatic heterocycles. The van der Waals surface area contributed by atoms with Crippen molar-refractivity contribution in [3.05, 3.63) is 218 Å². The highest BCUT2D eigenvalue weighted by molar-refractivity contribution is 6.11. The number of aromatic nitrogens is 2. The van der Waals surface area contributed by atoms with Crippen molar-refractivity contribution in [2.24, 2.45) is 0 Å². The van der Waals surface area contributed by atoms with Gasteiger partial charge in [-0.2, -0.15) is 0 Å². The zero-order valence-corrected chi connectivity index (χ0v) is 33.5. The van der Waals surface area contributed by atoms with Gasteiger partial charge in [-0.3, -0.25) is 0 Å². The maximum Gasteiger partial charge on any atom is 0.161 e. The Kier molecular flexibility index (Phi) is 8.46. The molecular weight excluding hydrogens is 757 g/mol. The van der Waals surface area contributed by atoms with Crippen LogP contribution in [0.1, 0.15) is 0 Å². The van der Waals surface area contributed by atoms with Gasteiger partial charge in [-0.25, -0.2) is 9.97 Å². The van der Waals surface area contributed by atoms with Crippen LogP contribution in [0.25, 0.3) is 122 Å². The standard InChI is InChI=1S/C58H36N2O2/c1-4-17-37(18-5-1)40-23-14-24-41(35-40)54-42(38-19-6-2-7-20-38)33-34-43(39-21-8-3-9-22-39)55(54)58-59-50(48-29-15-27-46-44-25-10-12-31-52(44)61-56(46)48)36-51(60-58)49-30-16-28-47-45-26-11-13-32-53(45)62-57(47)49/h1-36H. The van der Waals surface area contributed by atoms with E-state index < -0.39 is 0 Å². The summed E-state index contributed by atoms with van der Waals surface area (Å²) in [6.45, 7) is 0. The third-order valence-electron chi connectivity index (χ3n) is 11.9. The Morgan fingerprint density at radius 1 is 0.274 bits per heavy atom. The molecule has 0 unspecified atom stereocenters. The van der Waals surface area contributed by atoms with Crippen molar-refractivity contribution < 1.29 is 8.83 Å². The summed E-state index contributed by atoms with van der Waals surface area (Å²) in [7, 11) is 0. The molecule has 0 radical (unpaired) electrons. The first kappa shape index (κ1) is 35.6. The van der Waals surface area contributed by atoms with E-state index >= 15 is 0 Å². The zero-order chi connectivity index (χ0) is 41.0. The number of para-hydroxylation sites is 4. The van der Waals surface area contributed by atoms with Crippen LogP contribution in [0, 0.1) is 0 Å². The molecular formula is C58H36N2O2. The van der Waals surface area contributed by atoms with Crippen LogP contribution in [-0.2, 0) is 0 Å². The van der Waals surface area contributed by atoms with Gasteiger partial charge in [-0.15, -0.1) is 0 Å². The van der Waals surface area contributed by atoms with Crippen LogP contribution < -0.4 is 0 Å². The van der Waals surface area contributed by atoms with Crippen molar-refractivity contribution in [1.82, 2.24) is 9.97 Å². The molecule has 4 heteroatoms. The first-order chi connectivity index (χ1) is 30.7. The molecule has 0 amide bonds. The van der Waals surface area contributed by atoms with Gasteiger partial charge in [-0.1, -0.05) is 182 Å². The van der Waals surface area contributed by atoms with Gasteiger partial charge in [0.2, 0.25) is 0 Å². The van der Waals surface area contributed by atoms with E-state index in [2.05, 4.69) is 194 Å². The summed E-state index contributed by atoms with van der Waals surface area (Å²) in [5, 5.41) is 4.20. The number of fused-ring (bicyclic) bond motifs is 6. The van der Waals surface area contributed by atoms with Gasteiger partial charge >= 0.3 is 0 Å². The minimum atomic E-state index is 0.593. The van der Waals surface area contributed by atoms with Crippen LogP contribution in [0.4, 0.5) is 0 Å². The van der Waals surface area contributed by atoms with Gasteiger partial charge in [0.05, 0.1) is 11.4 Å². The van der Waals surface area contributed by atoms with Gasteiger partial charge in [0.15, 0.2) is 5.82 Å². The van der Waals surface area contributed by atoms with E-state index in [0.29, 0.717) is 5.82 Å². The molecule has 0 saturated carbocycles. The molecule has 12 rings (SSSR count). The van der Waals surface area contributed by atoms with Crippen LogP contribution in [0.2, 0.25) is 0 Å². The molecule has 0 aliphatic carbocycles. The highest BCUT2D eigenvalue weighted by Gasteiger charge is 2.25. The highest BCUT2D eigenvalue weighted by Crippen LogP contribution is 2.47. The normalized spacial score (nSPS) is 11.5. The van der Waals surface area contributed by atoms with E-state index in [1.807, 2.05) is 24.3 Å². The molecule has 62 heavy (non-hydrogen) atoms. The third-order valence-corrected chi connectivity index (χ3v) is 11.9. The smallest absolute Gasteiger partial charge is 0.161 e. The number of hydrogen-bond acceptors (Lipinski definition) is 4. The second kappa shape index (κ2) is 14.7. The minimum absolute atomic E-state index is 0.593. The Morgan fingerprint density at radius 2 is 0.694 bits per heavy atom. The van der Waals surface area contributed by atoms with E-state index in [4.69, 9.17) is 18.8 Å². The van der Waals surface area contributed by atoms with Gasteiger partial charge in [0, 0.05) is 43.8 Å². The van der Waals surface area contributed by atoms with Gasteiger partial charge < -0.3 is 8.83 Å². The van der Waals surface area contributed by atoms with Crippen LogP contribution in [0.15, 0.2) is 227 Å².